The number of nitro benzene ring substituents is 1. The van der Waals surface area contributed by atoms with E-state index < -0.39 is 14.8 Å². The van der Waals surface area contributed by atoms with Crippen LogP contribution in [-0.2, 0) is 14.6 Å². The maximum absolute atomic E-state index is 11.8. The molecule has 1 aliphatic heterocycles. The van der Waals surface area contributed by atoms with Gasteiger partial charge in [-0.2, -0.15) is 0 Å². The Morgan fingerprint density at radius 3 is 2.46 bits per heavy atom. The molecule has 1 N–H and O–H groups in total. The van der Waals surface area contributed by atoms with Crippen LogP contribution in [0.3, 0.4) is 0 Å². The van der Waals surface area contributed by atoms with Crippen molar-refractivity contribution in [2.75, 3.05) is 44.4 Å². The fraction of sp³-hybridized carbons (Fsp3) is 0.368. The second-order valence-corrected chi connectivity index (χ2v) is 8.74. The molecule has 2 aromatic rings. The molecule has 0 aromatic heterocycles. The highest BCUT2D eigenvalue weighted by Gasteiger charge is 2.23. The fourth-order valence-electron chi connectivity index (χ4n) is 3.16. The van der Waals surface area contributed by atoms with Crippen LogP contribution < -0.4 is 5.32 Å². The van der Waals surface area contributed by atoms with Gasteiger partial charge in [-0.15, -0.1) is 0 Å². The summed E-state index contributed by atoms with van der Waals surface area (Å²) in [6.07, 6.45) is 1.03. The minimum Gasteiger partial charge on any atom is -0.379 e. The second-order valence-electron chi connectivity index (χ2n) is 6.73. The van der Waals surface area contributed by atoms with Crippen molar-refractivity contribution in [1.29, 1.82) is 0 Å². The Bertz CT molecular complexity index is 928. The van der Waals surface area contributed by atoms with E-state index in [-0.39, 0.29) is 16.6 Å². The molecule has 150 valence electrons. The van der Waals surface area contributed by atoms with E-state index in [2.05, 4.69) is 10.2 Å². The number of benzene rings is 2. The number of rotatable bonds is 7. The van der Waals surface area contributed by atoms with Crippen molar-refractivity contribution in [1.82, 2.24) is 4.90 Å². The molecule has 0 spiro atoms. The van der Waals surface area contributed by atoms with Crippen molar-refractivity contribution in [3.8, 4) is 0 Å². The van der Waals surface area contributed by atoms with E-state index in [9.17, 15) is 18.5 Å². The van der Waals surface area contributed by atoms with Crippen LogP contribution in [0.2, 0.25) is 0 Å². The summed E-state index contributed by atoms with van der Waals surface area (Å²) in [4.78, 5) is 13.2. The van der Waals surface area contributed by atoms with Crippen molar-refractivity contribution in [3.05, 3.63) is 64.2 Å². The monoisotopic (exact) mass is 405 g/mol. The van der Waals surface area contributed by atoms with Gasteiger partial charge in [0.2, 0.25) is 0 Å². The van der Waals surface area contributed by atoms with Crippen molar-refractivity contribution in [2.24, 2.45) is 0 Å². The number of anilines is 1. The Morgan fingerprint density at radius 1 is 1.18 bits per heavy atom. The molecule has 0 aliphatic carbocycles. The van der Waals surface area contributed by atoms with Crippen LogP contribution in [0.5, 0.6) is 0 Å². The summed E-state index contributed by atoms with van der Waals surface area (Å²) in [5.74, 6) is 0. The highest BCUT2D eigenvalue weighted by Crippen LogP contribution is 2.31. The lowest BCUT2D eigenvalue weighted by Gasteiger charge is -2.31. The van der Waals surface area contributed by atoms with Crippen molar-refractivity contribution in [2.45, 2.75) is 10.9 Å². The van der Waals surface area contributed by atoms with E-state index in [1.54, 1.807) is 0 Å². The first-order valence-corrected chi connectivity index (χ1v) is 10.8. The van der Waals surface area contributed by atoms with E-state index in [1.807, 2.05) is 30.3 Å². The number of hydrogen-bond donors (Lipinski definition) is 1. The second kappa shape index (κ2) is 8.68. The molecule has 2 aromatic carbocycles. The summed E-state index contributed by atoms with van der Waals surface area (Å²) >= 11 is 0. The van der Waals surface area contributed by atoms with Crippen LogP contribution >= 0.6 is 0 Å². The highest BCUT2D eigenvalue weighted by atomic mass is 32.2. The number of ether oxygens (including phenoxy) is 1. The highest BCUT2D eigenvalue weighted by molar-refractivity contribution is 7.90. The Hall–Kier alpha value is -2.49. The molecule has 0 saturated carbocycles. The lowest BCUT2D eigenvalue weighted by atomic mass is 10.1. The maximum Gasteiger partial charge on any atom is 0.293 e. The Kier molecular flexibility index (Phi) is 6.28. The molecule has 0 radical (unpaired) electrons. The molecule has 8 nitrogen and oxygen atoms in total. The normalized spacial score (nSPS) is 16.5. The molecule has 28 heavy (non-hydrogen) atoms. The summed E-state index contributed by atoms with van der Waals surface area (Å²) in [5.41, 5.74) is 1.03. The summed E-state index contributed by atoms with van der Waals surface area (Å²) in [5, 5.41) is 14.8. The van der Waals surface area contributed by atoms with Crippen LogP contribution in [0.1, 0.15) is 11.6 Å². The van der Waals surface area contributed by atoms with Crippen LogP contribution in [0.25, 0.3) is 0 Å². The molecular weight excluding hydrogens is 382 g/mol. The van der Waals surface area contributed by atoms with E-state index in [1.165, 1.54) is 12.1 Å². The minimum absolute atomic E-state index is 0.0748. The summed E-state index contributed by atoms with van der Waals surface area (Å²) in [6.45, 7) is 3.55. The number of sulfone groups is 1. The Balaban J connectivity index is 1.92. The van der Waals surface area contributed by atoms with Gasteiger partial charge in [0.1, 0.15) is 5.69 Å². The van der Waals surface area contributed by atoms with Gasteiger partial charge in [-0.05, 0) is 17.7 Å². The van der Waals surface area contributed by atoms with E-state index in [0.29, 0.717) is 25.4 Å². The third kappa shape index (κ3) is 5.06. The minimum atomic E-state index is -3.53. The third-order valence-electron chi connectivity index (χ3n) is 4.67. The van der Waals surface area contributed by atoms with Gasteiger partial charge in [0, 0.05) is 32.0 Å². The van der Waals surface area contributed by atoms with Crippen LogP contribution in [0.15, 0.2) is 53.4 Å². The van der Waals surface area contributed by atoms with Gasteiger partial charge >= 0.3 is 0 Å². The third-order valence-corrected chi connectivity index (χ3v) is 5.78. The van der Waals surface area contributed by atoms with E-state index in [4.69, 9.17) is 4.74 Å². The van der Waals surface area contributed by atoms with E-state index in [0.717, 1.165) is 31.0 Å². The van der Waals surface area contributed by atoms with Crippen molar-refractivity contribution >= 4 is 21.2 Å². The average molecular weight is 405 g/mol. The van der Waals surface area contributed by atoms with Gasteiger partial charge in [-0.1, -0.05) is 30.3 Å². The van der Waals surface area contributed by atoms with Crippen LogP contribution in [0, 0.1) is 10.1 Å². The van der Waals surface area contributed by atoms with Gasteiger partial charge in [0.25, 0.3) is 5.69 Å². The smallest absolute Gasteiger partial charge is 0.293 e. The average Bonchev–Trinajstić information content (AvgIpc) is 2.68. The van der Waals surface area contributed by atoms with Crippen molar-refractivity contribution < 1.29 is 18.1 Å². The fourth-order valence-corrected chi connectivity index (χ4v) is 3.81. The molecule has 0 unspecified atom stereocenters. The first-order chi connectivity index (χ1) is 13.3. The number of nitro groups is 1. The lowest BCUT2D eigenvalue weighted by Crippen LogP contribution is -2.40. The maximum atomic E-state index is 11.8. The summed E-state index contributed by atoms with van der Waals surface area (Å²) in [6, 6.07) is 13.5. The van der Waals surface area contributed by atoms with Crippen LogP contribution in [0.4, 0.5) is 11.4 Å². The van der Waals surface area contributed by atoms with Crippen LogP contribution in [-0.4, -0.2) is 57.3 Å². The molecule has 1 aliphatic rings. The quantitative estimate of drug-likeness (QED) is 0.558. The molecule has 1 heterocycles. The zero-order chi connectivity index (χ0) is 20.1. The zero-order valence-corrected chi connectivity index (χ0v) is 16.4. The Labute approximate surface area is 164 Å². The van der Waals surface area contributed by atoms with E-state index >= 15 is 0 Å². The molecule has 0 bridgehead atoms. The van der Waals surface area contributed by atoms with Gasteiger partial charge in [-0.3, -0.25) is 15.0 Å². The molecular formula is C19H23N3O5S. The number of hydrogen-bond acceptors (Lipinski definition) is 7. The first kappa shape index (κ1) is 20.2. The number of nitrogens with one attached hydrogen (secondary N) is 1. The predicted octanol–water partition coefficient (Wildman–Crippen LogP) is 2.48. The summed E-state index contributed by atoms with van der Waals surface area (Å²) in [7, 11) is -3.53. The standard InChI is InChI=1S/C19H23N3O5S/c1-28(25,26)16-7-8-17(19(13-16)22(23)24)20-18(15-5-3-2-4-6-15)14-21-9-11-27-12-10-21/h2-8,13,18,20H,9-12,14H2,1H3/t18-/m1/s1. The predicted molar refractivity (Wildman–Crippen MR) is 106 cm³/mol. The first-order valence-electron chi connectivity index (χ1n) is 8.94. The molecule has 9 heteroatoms. The molecule has 0 amide bonds. The van der Waals surface area contributed by atoms with Gasteiger partial charge in [-0.25, -0.2) is 8.42 Å². The molecule has 1 atom stereocenters. The summed E-state index contributed by atoms with van der Waals surface area (Å²) < 4.78 is 28.9. The number of morpholine rings is 1. The Morgan fingerprint density at radius 2 is 1.86 bits per heavy atom. The van der Waals surface area contributed by atoms with Gasteiger partial charge in [0.05, 0.1) is 29.1 Å². The zero-order valence-electron chi connectivity index (χ0n) is 15.6. The van der Waals surface area contributed by atoms with Crippen molar-refractivity contribution in [3.63, 3.8) is 0 Å². The largest absolute Gasteiger partial charge is 0.379 e. The molecule has 1 fully saturated rings. The SMILES string of the molecule is CS(=O)(=O)c1ccc(N[C@H](CN2CCOCC2)c2ccccc2)c([N+](=O)[O-])c1. The van der Waals surface area contributed by atoms with Gasteiger partial charge in [0.15, 0.2) is 9.84 Å². The molecule has 3 rings (SSSR count). The van der Waals surface area contributed by atoms with Gasteiger partial charge < -0.3 is 10.1 Å². The topological polar surface area (TPSA) is 102 Å². The lowest BCUT2D eigenvalue weighted by molar-refractivity contribution is -0.384. The number of nitrogens with zero attached hydrogens (tertiary/aromatic N) is 2. The molecule has 1 saturated heterocycles.